The number of imidazole rings is 1. The molecule has 0 saturated carbocycles. The monoisotopic (exact) mass is 363 g/mol. The number of rotatable bonds is 7. The average molecular weight is 363 g/mol. The van der Waals surface area contributed by atoms with Crippen LogP contribution in [0.2, 0.25) is 0 Å². The van der Waals surface area contributed by atoms with E-state index in [9.17, 15) is 0 Å². The number of fused-ring (bicyclic) bond motifs is 1. The topological polar surface area (TPSA) is 78.0 Å². The molecule has 0 aliphatic heterocycles. The Kier molecular flexibility index (Phi) is 4.74. The minimum atomic E-state index is 0.415. The summed E-state index contributed by atoms with van der Waals surface area (Å²) >= 11 is 0. The van der Waals surface area contributed by atoms with Crippen LogP contribution < -0.4 is 10.1 Å². The normalized spacial score (nSPS) is 11.0. The molecule has 0 bridgehead atoms. The van der Waals surface area contributed by atoms with Crippen molar-refractivity contribution in [2.75, 3.05) is 19.0 Å². The zero-order chi connectivity index (χ0) is 18.6. The second-order valence-electron chi connectivity index (χ2n) is 6.26. The van der Waals surface area contributed by atoms with E-state index in [1.54, 1.807) is 7.11 Å². The van der Waals surface area contributed by atoms with E-state index in [0.717, 1.165) is 47.6 Å². The third kappa shape index (κ3) is 3.62. The van der Waals surface area contributed by atoms with E-state index in [2.05, 4.69) is 38.1 Å². The van der Waals surface area contributed by atoms with Crippen LogP contribution in [0, 0.1) is 0 Å². The molecule has 0 radical (unpaired) electrons. The van der Waals surface area contributed by atoms with E-state index >= 15 is 0 Å². The fourth-order valence-corrected chi connectivity index (χ4v) is 3.04. The highest BCUT2D eigenvalue weighted by atomic mass is 16.5. The molecule has 0 amide bonds. The molecular weight excluding hydrogens is 342 g/mol. The van der Waals surface area contributed by atoms with Crippen LogP contribution in [0.1, 0.15) is 12.2 Å². The van der Waals surface area contributed by atoms with Gasteiger partial charge in [-0.3, -0.25) is 0 Å². The maximum Gasteiger partial charge on any atom is 0.321 e. The van der Waals surface area contributed by atoms with Gasteiger partial charge in [0.1, 0.15) is 11.6 Å². The van der Waals surface area contributed by atoms with Gasteiger partial charge in [0.15, 0.2) is 0 Å². The van der Waals surface area contributed by atoms with Gasteiger partial charge in [-0.2, -0.15) is 4.98 Å². The SMILES string of the molecule is COc1cccc(-c2noc(NCCCc3nc4ccccc4n3C)n2)c1. The van der Waals surface area contributed by atoms with Gasteiger partial charge in [-0.05, 0) is 30.7 Å². The number of nitrogens with one attached hydrogen (secondary N) is 1. The molecule has 7 heteroatoms. The number of hydrogen-bond acceptors (Lipinski definition) is 6. The highest BCUT2D eigenvalue weighted by Gasteiger charge is 2.10. The number of aromatic nitrogens is 4. The zero-order valence-electron chi connectivity index (χ0n) is 15.3. The number of nitrogens with zero attached hydrogens (tertiary/aromatic N) is 4. The van der Waals surface area contributed by atoms with E-state index in [-0.39, 0.29) is 0 Å². The summed E-state index contributed by atoms with van der Waals surface area (Å²) in [5.41, 5.74) is 3.04. The lowest BCUT2D eigenvalue weighted by atomic mass is 10.2. The lowest BCUT2D eigenvalue weighted by Gasteiger charge is -2.03. The Morgan fingerprint density at radius 3 is 2.85 bits per heavy atom. The Bertz CT molecular complexity index is 1050. The van der Waals surface area contributed by atoms with Gasteiger partial charge in [0.2, 0.25) is 5.82 Å². The van der Waals surface area contributed by atoms with Crippen molar-refractivity contribution in [3.8, 4) is 17.1 Å². The molecule has 4 rings (SSSR count). The molecule has 0 unspecified atom stereocenters. The first kappa shape index (κ1) is 17.1. The van der Waals surface area contributed by atoms with Gasteiger partial charge < -0.3 is 19.1 Å². The molecule has 27 heavy (non-hydrogen) atoms. The van der Waals surface area contributed by atoms with Crippen LogP contribution in [-0.2, 0) is 13.5 Å². The predicted molar refractivity (Wildman–Crippen MR) is 104 cm³/mol. The molecule has 138 valence electrons. The standard InChI is InChI=1S/C20H21N5O2/c1-25-17-10-4-3-9-16(17)22-18(25)11-6-12-21-20-23-19(24-27-20)14-7-5-8-15(13-14)26-2/h3-5,7-10,13H,6,11-12H2,1-2H3,(H,21,23,24). The van der Waals surface area contributed by atoms with Crippen LogP contribution in [0.15, 0.2) is 53.1 Å². The lowest BCUT2D eigenvalue weighted by Crippen LogP contribution is -2.06. The van der Waals surface area contributed by atoms with Crippen LogP contribution in [0.25, 0.3) is 22.4 Å². The number of methoxy groups -OCH3 is 1. The molecule has 7 nitrogen and oxygen atoms in total. The van der Waals surface area contributed by atoms with E-state index in [0.29, 0.717) is 11.8 Å². The number of anilines is 1. The summed E-state index contributed by atoms with van der Waals surface area (Å²) in [6, 6.07) is 16.2. The quantitative estimate of drug-likeness (QED) is 0.505. The lowest BCUT2D eigenvalue weighted by molar-refractivity contribution is 0.414. The number of benzene rings is 2. The van der Waals surface area contributed by atoms with Crippen molar-refractivity contribution in [3.05, 3.63) is 54.4 Å². The minimum Gasteiger partial charge on any atom is -0.497 e. The van der Waals surface area contributed by atoms with Gasteiger partial charge >= 0.3 is 6.01 Å². The molecule has 4 aromatic rings. The first-order valence-corrected chi connectivity index (χ1v) is 8.87. The molecule has 0 atom stereocenters. The molecule has 0 aliphatic carbocycles. The minimum absolute atomic E-state index is 0.415. The summed E-state index contributed by atoms with van der Waals surface area (Å²) in [5, 5.41) is 7.20. The van der Waals surface area contributed by atoms with Gasteiger partial charge in [-0.1, -0.05) is 29.4 Å². The van der Waals surface area contributed by atoms with Crippen molar-refractivity contribution in [2.45, 2.75) is 12.8 Å². The highest BCUT2D eigenvalue weighted by molar-refractivity contribution is 5.75. The van der Waals surface area contributed by atoms with E-state index in [4.69, 9.17) is 9.26 Å². The van der Waals surface area contributed by atoms with Gasteiger partial charge in [0.05, 0.1) is 18.1 Å². The number of para-hydroxylation sites is 2. The predicted octanol–water partition coefficient (Wildman–Crippen LogP) is 3.68. The van der Waals surface area contributed by atoms with Crippen LogP contribution in [-0.4, -0.2) is 33.3 Å². The van der Waals surface area contributed by atoms with Crippen molar-refractivity contribution >= 4 is 17.0 Å². The Morgan fingerprint density at radius 2 is 2.00 bits per heavy atom. The van der Waals surface area contributed by atoms with Crippen LogP contribution in [0.4, 0.5) is 6.01 Å². The van der Waals surface area contributed by atoms with E-state index in [1.807, 2.05) is 42.5 Å². The molecule has 0 aliphatic rings. The van der Waals surface area contributed by atoms with Gasteiger partial charge in [-0.15, -0.1) is 0 Å². The van der Waals surface area contributed by atoms with E-state index in [1.165, 1.54) is 0 Å². The summed E-state index contributed by atoms with van der Waals surface area (Å²) in [4.78, 5) is 9.08. The van der Waals surface area contributed by atoms with Crippen LogP contribution in [0.3, 0.4) is 0 Å². The Morgan fingerprint density at radius 1 is 1.11 bits per heavy atom. The molecule has 2 aromatic carbocycles. The van der Waals surface area contributed by atoms with Crippen LogP contribution in [0.5, 0.6) is 5.75 Å². The number of hydrogen-bond donors (Lipinski definition) is 1. The molecular formula is C20H21N5O2. The molecule has 0 fully saturated rings. The molecule has 2 heterocycles. The Labute approximate surface area is 157 Å². The summed E-state index contributed by atoms with van der Waals surface area (Å²) in [7, 11) is 3.68. The second-order valence-corrected chi connectivity index (χ2v) is 6.26. The van der Waals surface area contributed by atoms with Gasteiger partial charge in [0.25, 0.3) is 0 Å². The third-order valence-electron chi connectivity index (χ3n) is 4.49. The van der Waals surface area contributed by atoms with Crippen molar-refractivity contribution in [2.24, 2.45) is 7.05 Å². The smallest absolute Gasteiger partial charge is 0.321 e. The Hall–Kier alpha value is -3.35. The maximum absolute atomic E-state index is 5.28. The van der Waals surface area contributed by atoms with Crippen molar-refractivity contribution in [1.29, 1.82) is 0 Å². The first-order chi connectivity index (χ1) is 13.2. The average Bonchev–Trinajstić information content (AvgIpc) is 3.31. The Balaban J connectivity index is 1.34. The van der Waals surface area contributed by atoms with E-state index < -0.39 is 0 Å². The van der Waals surface area contributed by atoms with Crippen LogP contribution >= 0.6 is 0 Å². The summed E-state index contributed by atoms with van der Waals surface area (Å²) < 4.78 is 12.7. The van der Waals surface area contributed by atoms with Crippen molar-refractivity contribution in [1.82, 2.24) is 19.7 Å². The summed E-state index contributed by atoms with van der Waals surface area (Å²) in [5.74, 6) is 2.36. The van der Waals surface area contributed by atoms with Crippen molar-refractivity contribution in [3.63, 3.8) is 0 Å². The van der Waals surface area contributed by atoms with Crippen molar-refractivity contribution < 1.29 is 9.26 Å². The largest absolute Gasteiger partial charge is 0.497 e. The second kappa shape index (κ2) is 7.49. The summed E-state index contributed by atoms with van der Waals surface area (Å²) in [6.45, 7) is 0.725. The molecule has 0 spiro atoms. The maximum atomic E-state index is 5.28. The first-order valence-electron chi connectivity index (χ1n) is 8.87. The number of aryl methyl sites for hydroxylation is 2. The highest BCUT2D eigenvalue weighted by Crippen LogP contribution is 2.22. The zero-order valence-corrected chi connectivity index (χ0v) is 15.3. The van der Waals surface area contributed by atoms with Gasteiger partial charge in [0, 0.05) is 25.6 Å². The fourth-order valence-electron chi connectivity index (χ4n) is 3.04. The number of ether oxygens (including phenoxy) is 1. The molecule has 2 aromatic heterocycles. The molecule has 1 N–H and O–H groups in total. The van der Waals surface area contributed by atoms with Gasteiger partial charge in [-0.25, -0.2) is 4.98 Å². The molecule has 0 saturated heterocycles. The third-order valence-corrected chi connectivity index (χ3v) is 4.49. The summed E-state index contributed by atoms with van der Waals surface area (Å²) in [6.07, 6.45) is 1.78. The fraction of sp³-hybridized carbons (Fsp3) is 0.250.